The first-order valence-electron chi connectivity index (χ1n) is 11.6. The third-order valence-corrected chi connectivity index (χ3v) is 6.06. The molecular formula is C27H23F3N4O4. The quantitative estimate of drug-likeness (QED) is 0.193. The van der Waals surface area contributed by atoms with Crippen LogP contribution in [0.3, 0.4) is 0 Å². The normalized spacial score (nSPS) is 15.6. The second-order valence-corrected chi connectivity index (χ2v) is 8.64. The fraction of sp³-hybridized carbons (Fsp3) is 0.185. The smallest absolute Gasteiger partial charge is 0.419 e. The number of amides is 1. The summed E-state index contributed by atoms with van der Waals surface area (Å²) in [5.41, 5.74) is 7.70. The van der Waals surface area contributed by atoms with Crippen molar-refractivity contribution in [1.29, 1.82) is 5.41 Å². The number of nitrogens with zero attached hydrogens (tertiary/aromatic N) is 1. The average Bonchev–Trinajstić information content (AvgIpc) is 3.36. The van der Waals surface area contributed by atoms with E-state index in [1.54, 1.807) is 47.5 Å². The first-order chi connectivity index (χ1) is 18.0. The molecule has 1 aromatic heterocycles. The van der Waals surface area contributed by atoms with Crippen LogP contribution in [0, 0.1) is 5.41 Å². The molecule has 1 aliphatic rings. The van der Waals surface area contributed by atoms with Crippen molar-refractivity contribution in [1.82, 2.24) is 9.88 Å². The summed E-state index contributed by atoms with van der Waals surface area (Å²) in [6.45, 7) is 0.485. The molecule has 1 fully saturated rings. The number of nitrogens with one attached hydrogen (secondary N) is 2. The molecule has 0 aliphatic carbocycles. The van der Waals surface area contributed by atoms with E-state index < -0.39 is 12.1 Å². The van der Waals surface area contributed by atoms with Gasteiger partial charge in [0.15, 0.2) is 0 Å². The number of nitrogen functional groups attached to an aromatic ring is 1. The van der Waals surface area contributed by atoms with Gasteiger partial charge < -0.3 is 20.4 Å². The predicted octanol–water partition coefficient (Wildman–Crippen LogP) is 4.11. The van der Waals surface area contributed by atoms with Gasteiger partial charge in [-0.2, -0.15) is 13.2 Å². The molecule has 3 aromatic rings. The molecule has 196 valence electrons. The van der Waals surface area contributed by atoms with Crippen molar-refractivity contribution < 1.29 is 27.5 Å². The minimum Gasteiger partial charge on any atom is -0.419 e. The number of pyridine rings is 1. The zero-order chi connectivity index (χ0) is 27.4. The van der Waals surface area contributed by atoms with Crippen molar-refractivity contribution in [3.8, 4) is 16.9 Å². The van der Waals surface area contributed by atoms with Crippen molar-refractivity contribution in [2.45, 2.75) is 25.1 Å². The molecule has 0 saturated carbocycles. The number of benzene rings is 2. The Morgan fingerprint density at radius 2 is 1.74 bits per heavy atom. The number of rotatable bonds is 6. The molecule has 8 nitrogen and oxygen atoms in total. The molecule has 2 aromatic carbocycles. The van der Waals surface area contributed by atoms with Crippen molar-refractivity contribution in [2.24, 2.45) is 5.73 Å². The Morgan fingerprint density at radius 1 is 1.05 bits per heavy atom. The largest absolute Gasteiger partial charge is 0.491 e. The van der Waals surface area contributed by atoms with Crippen LogP contribution < -0.4 is 16.0 Å². The van der Waals surface area contributed by atoms with Gasteiger partial charge in [-0.1, -0.05) is 24.3 Å². The number of likely N-dealkylation sites (tertiary alicyclic amines) is 1. The van der Waals surface area contributed by atoms with Gasteiger partial charge in [-0.25, -0.2) is 4.79 Å². The first-order valence-corrected chi connectivity index (χ1v) is 11.6. The number of alkyl halides is 3. The van der Waals surface area contributed by atoms with E-state index in [-0.39, 0.29) is 40.2 Å². The molecular weight excluding hydrogens is 501 g/mol. The molecule has 1 aliphatic heterocycles. The third kappa shape index (κ3) is 6.00. The van der Waals surface area contributed by atoms with Gasteiger partial charge in [0.05, 0.1) is 6.04 Å². The van der Waals surface area contributed by atoms with Gasteiger partial charge in [0.25, 0.3) is 5.91 Å². The van der Waals surface area contributed by atoms with E-state index in [1.165, 1.54) is 24.3 Å². The van der Waals surface area contributed by atoms with Crippen LogP contribution in [0.2, 0.25) is 0 Å². The lowest BCUT2D eigenvalue weighted by Crippen LogP contribution is -2.34. The fourth-order valence-electron chi connectivity index (χ4n) is 4.12. The number of hydrogen-bond donors (Lipinski definition) is 3. The number of amidine groups is 1. The summed E-state index contributed by atoms with van der Waals surface area (Å²) in [6.07, 6.45) is 0.871. The zero-order valence-corrected chi connectivity index (χ0v) is 19.9. The average molecular weight is 524 g/mol. The van der Waals surface area contributed by atoms with Gasteiger partial charge >= 0.3 is 12.1 Å². The van der Waals surface area contributed by atoms with E-state index in [4.69, 9.17) is 11.1 Å². The molecule has 2 heterocycles. The Morgan fingerprint density at radius 3 is 2.37 bits per heavy atom. The summed E-state index contributed by atoms with van der Waals surface area (Å²) < 4.78 is 42.7. The van der Waals surface area contributed by atoms with Crippen molar-refractivity contribution in [3.05, 3.63) is 93.9 Å². The Balaban J connectivity index is 1.54. The fourth-order valence-corrected chi connectivity index (χ4v) is 4.12. The van der Waals surface area contributed by atoms with Crippen molar-refractivity contribution in [2.75, 3.05) is 6.54 Å². The van der Waals surface area contributed by atoms with Crippen LogP contribution in [0.1, 0.15) is 34.3 Å². The highest BCUT2D eigenvalue weighted by atomic mass is 19.4. The van der Waals surface area contributed by atoms with Gasteiger partial charge in [0, 0.05) is 35.5 Å². The summed E-state index contributed by atoms with van der Waals surface area (Å²) in [5, 5.41) is 7.60. The summed E-state index contributed by atoms with van der Waals surface area (Å²) in [6, 6.07) is 13.4. The number of aromatic nitrogens is 1. The number of aromatic amines is 1. The highest BCUT2D eigenvalue weighted by Gasteiger charge is 2.41. The second-order valence-electron chi connectivity index (χ2n) is 8.64. The number of esters is 1. The number of ether oxygens (including phenoxy) is 1. The minimum absolute atomic E-state index is 0.111. The lowest BCUT2D eigenvalue weighted by Gasteiger charge is -2.22. The summed E-state index contributed by atoms with van der Waals surface area (Å²) in [5.74, 6) is -3.24. The molecule has 4 N–H and O–H groups in total. The maximum Gasteiger partial charge on any atom is 0.491 e. The van der Waals surface area contributed by atoms with Crippen LogP contribution in [0.15, 0.2) is 71.7 Å². The summed E-state index contributed by atoms with van der Waals surface area (Å²) in [4.78, 5) is 40.2. The van der Waals surface area contributed by atoms with E-state index in [0.29, 0.717) is 18.5 Å². The molecule has 0 spiro atoms. The van der Waals surface area contributed by atoms with Crippen LogP contribution >= 0.6 is 0 Å². The van der Waals surface area contributed by atoms with Crippen molar-refractivity contribution in [3.63, 3.8) is 0 Å². The lowest BCUT2D eigenvalue weighted by atomic mass is 10.0. The Kier molecular flexibility index (Phi) is 7.47. The van der Waals surface area contributed by atoms with Crippen molar-refractivity contribution >= 4 is 23.8 Å². The first kappa shape index (κ1) is 26.4. The lowest BCUT2D eigenvalue weighted by molar-refractivity contribution is -0.189. The zero-order valence-electron chi connectivity index (χ0n) is 19.9. The number of hydrogen-bond acceptors (Lipinski definition) is 5. The summed E-state index contributed by atoms with van der Waals surface area (Å²) in [7, 11) is 0. The number of halogens is 3. The second kappa shape index (κ2) is 10.8. The van der Waals surface area contributed by atoms with Gasteiger partial charge in [0.2, 0.25) is 5.56 Å². The number of carbonyl (C=O) groups excluding carboxylic acids is 2. The molecule has 0 bridgehead atoms. The van der Waals surface area contributed by atoms with Crippen LogP contribution in [-0.2, 0) is 4.79 Å². The molecule has 1 atom stereocenters. The Bertz CT molecular complexity index is 1440. The van der Waals surface area contributed by atoms with Crippen LogP contribution in [0.5, 0.6) is 5.75 Å². The maximum absolute atomic E-state index is 13.2. The molecule has 4 rings (SSSR count). The topological polar surface area (TPSA) is 129 Å². The van der Waals surface area contributed by atoms with Crippen LogP contribution in [-0.4, -0.2) is 46.4 Å². The van der Waals surface area contributed by atoms with E-state index in [9.17, 15) is 27.6 Å². The van der Waals surface area contributed by atoms with E-state index in [2.05, 4.69) is 9.72 Å². The molecule has 1 saturated heterocycles. The van der Waals surface area contributed by atoms with Crippen LogP contribution in [0.25, 0.3) is 17.2 Å². The third-order valence-electron chi connectivity index (χ3n) is 6.06. The van der Waals surface area contributed by atoms with Crippen LogP contribution in [0.4, 0.5) is 13.2 Å². The van der Waals surface area contributed by atoms with Gasteiger partial charge in [0.1, 0.15) is 11.6 Å². The van der Waals surface area contributed by atoms with Gasteiger partial charge in [-0.3, -0.25) is 15.0 Å². The maximum atomic E-state index is 13.2. The Hall–Kier alpha value is -4.67. The monoisotopic (exact) mass is 524 g/mol. The highest BCUT2D eigenvalue weighted by Crippen LogP contribution is 2.28. The van der Waals surface area contributed by atoms with Gasteiger partial charge in [-0.05, 0) is 60.4 Å². The number of H-pyrrole nitrogens is 1. The standard InChI is InChI=1S/C27H23F3N4O4/c28-27(29,30)26(37)38-22-11-8-19(24(31)32)14-18(22)7-10-21-2-1-13-34(21)25(36)17-5-3-16(4-6-17)20-9-12-23(35)33-15-20/h3-12,14-15,21H,1-2,13H2,(H3,31,32)(H,33,35)/t21-/m1/s1. The molecule has 38 heavy (non-hydrogen) atoms. The Labute approximate surface area is 215 Å². The number of nitrogens with two attached hydrogens (primary N) is 1. The molecule has 0 unspecified atom stereocenters. The predicted molar refractivity (Wildman–Crippen MR) is 135 cm³/mol. The van der Waals surface area contributed by atoms with E-state index in [0.717, 1.165) is 23.6 Å². The minimum atomic E-state index is -5.18. The molecule has 11 heteroatoms. The molecule has 1 amide bonds. The van der Waals surface area contributed by atoms with Gasteiger partial charge in [-0.15, -0.1) is 0 Å². The van der Waals surface area contributed by atoms with E-state index in [1.807, 2.05) is 0 Å². The molecule has 0 radical (unpaired) electrons. The summed E-state index contributed by atoms with van der Waals surface area (Å²) >= 11 is 0. The SMILES string of the molecule is N=C(N)c1ccc(OC(=O)C(F)(F)F)c(C=C[C@H]2CCCN2C(=O)c2ccc(-c3ccc(=O)[nH]c3)cc2)c1. The number of carbonyl (C=O) groups is 2. The highest BCUT2D eigenvalue weighted by molar-refractivity contribution is 5.96. The van der Waals surface area contributed by atoms with E-state index >= 15 is 0 Å².